The van der Waals surface area contributed by atoms with Crippen molar-refractivity contribution < 1.29 is 8.78 Å². The summed E-state index contributed by atoms with van der Waals surface area (Å²) < 4.78 is 26.7. The van der Waals surface area contributed by atoms with Gasteiger partial charge in [-0.05, 0) is 29.7 Å². The Bertz CT molecular complexity index is 839. The Kier molecular flexibility index (Phi) is 4.80. The minimum atomic E-state index is -0.580. The van der Waals surface area contributed by atoms with Gasteiger partial charge in [-0.15, -0.1) is 0 Å². The van der Waals surface area contributed by atoms with Gasteiger partial charge in [0.15, 0.2) is 0 Å². The molecule has 0 aliphatic heterocycles. The van der Waals surface area contributed by atoms with Crippen LogP contribution in [0.25, 0.3) is 11.1 Å². The zero-order valence-electron chi connectivity index (χ0n) is 13.3. The molecule has 0 bridgehead atoms. The van der Waals surface area contributed by atoms with Crippen molar-refractivity contribution in [3.05, 3.63) is 95.6 Å². The number of aliphatic imine (C=N–C) groups is 1. The van der Waals surface area contributed by atoms with Crippen molar-refractivity contribution in [1.29, 1.82) is 0 Å². The monoisotopic (exact) mass is 321 g/mol. The van der Waals surface area contributed by atoms with Crippen LogP contribution in [0.3, 0.4) is 0 Å². The van der Waals surface area contributed by atoms with Crippen molar-refractivity contribution in [1.82, 2.24) is 0 Å². The van der Waals surface area contributed by atoms with Crippen molar-refractivity contribution in [2.45, 2.75) is 13.0 Å². The first-order valence-electron chi connectivity index (χ1n) is 7.77. The quantitative estimate of drug-likeness (QED) is 0.538. The topological polar surface area (TPSA) is 12.4 Å². The maximum absolute atomic E-state index is 13.8. The summed E-state index contributed by atoms with van der Waals surface area (Å²) in [6.07, 6.45) is 1.71. The van der Waals surface area contributed by atoms with Crippen molar-refractivity contribution >= 4 is 6.21 Å². The van der Waals surface area contributed by atoms with Crippen molar-refractivity contribution in [2.24, 2.45) is 4.99 Å². The molecule has 0 aliphatic rings. The van der Waals surface area contributed by atoms with E-state index in [1.165, 1.54) is 12.1 Å². The molecule has 0 saturated carbocycles. The molecule has 24 heavy (non-hydrogen) atoms. The highest BCUT2D eigenvalue weighted by Crippen LogP contribution is 2.22. The highest BCUT2D eigenvalue weighted by atomic mass is 19.1. The molecule has 0 aliphatic carbocycles. The molecule has 3 heteroatoms. The van der Waals surface area contributed by atoms with Crippen LogP contribution in [-0.2, 0) is 0 Å². The van der Waals surface area contributed by atoms with Gasteiger partial charge < -0.3 is 0 Å². The lowest BCUT2D eigenvalue weighted by atomic mass is 10.0. The summed E-state index contributed by atoms with van der Waals surface area (Å²) in [5, 5.41) is 0. The van der Waals surface area contributed by atoms with Gasteiger partial charge in [0.1, 0.15) is 11.6 Å². The molecule has 0 aromatic heterocycles. The van der Waals surface area contributed by atoms with Crippen molar-refractivity contribution in [2.75, 3.05) is 0 Å². The van der Waals surface area contributed by atoms with Gasteiger partial charge in [-0.25, -0.2) is 8.78 Å². The van der Waals surface area contributed by atoms with E-state index in [-0.39, 0.29) is 6.04 Å². The summed E-state index contributed by atoms with van der Waals surface area (Å²) in [5.41, 5.74) is 3.60. The molecular formula is C21H17F2N. The van der Waals surface area contributed by atoms with Crippen LogP contribution in [-0.4, -0.2) is 6.21 Å². The van der Waals surface area contributed by atoms with E-state index in [1.807, 2.05) is 42.5 Å². The van der Waals surface area contributed by atoms with Gasteiger partial charge in [-0.3, -0.25) is 4.99 Å². The normalized spacial score (nSPS) is 12.5. The first-order valence-corrected chi connectivity index (χ1v) is 7.77. The Balaban J connectivity index is 1.74. The smallest absolute Gasteiger partial charge is 0.131 e. The van der Waals surface area contributed by atoms with Gasteiger partial charge >= 0.3 is 0 Å². The van der Waals surface area contributed by atoms with E-state index in [0.717, 1.165) is 22.8 Å². The van der Waals surface area contributed by atoms with Crippen LogP contribution in [0.2, 0.25) is 0 Å². The molecule has 3 aromatic carbocycles. The lowest BCUT2D eigenvalue weighted by Gasteiger charge is -2.08. The maximum Gasteiger partial charge on any atom is 0.131 e. The summed E-state index contributed by atoms with van der Waals surface area (Å²) in [5.74, 6) is -1.15. The summed E-state index contributed by atoms with van der Waals surface area (Å²) >= 11 is 0. The van der Waals surface area contributed by atoms with Gasteiger partial charge in [0.25, 0.3) is 0 Å². The Morgan fingerprint density at radius 2 is 1.50 bits per heavy atom. The third kappa shape index (κ3) is 3.74. The van der Waals surface area contributed by atoms with Gasteiger partial charge in [0.2, 0.25) is 0 Å². The number of nitrogens with zero attached hydrogens (tertiary/aromatic N) is 1. The number of benzene rings is 3. The fourth-order valence-electron chi connectivity index (χ4n) is 2.51. The molecule has 3 rings (SSSR count). The van der Waals surface area contributed by atoms with Crippen LogP contribution >= 0.6 is 0 Å². The number of rotatable bonds is 4. The molecule has 1 atom stereocenters. The molecule has 3 aromatic rings. The molecule has 0 heterocycles. The lowest BCUT2D eigenvalue weighted by Crippen LogP contribution is -1.96. The predicted molar refractivity (Wildman–Crippen MR) is 94.2 cm³/mol. The van der Waals surface area contributed by atoms with Crippen LogP contribution in [0.5, 0.6) is 0 Å². The van der Waals surface area contributed by atoms with E-state index >= 15 is 0 Å². The summed E-state index contributed by atoms with van der Waals surface area (Å²) in [7, 11) is 0. The maximum atomic E-state index is 13.8. The summed E-state index contributed by atoms with van der Waals surface area (Å²) in [4.78, 5) is 4.37. The molecule has 1 unspecified atom stereocenters. The van der Waals surface area contributed by atoms with Crippen LogP contribution in [0.1, 0.15) is 24.1 Å². The van der Waals surface area contributed by atoms with Gasteiger partial charge in [-0.1, -0.05) is 60.7 Å². The average Bonchev–Trinajstić information content (AvgIpc) is 2.61. The van der Waals surface area contributed by atoms with E-state index in [2.05, 4.69) is 17.1 Å². The molecular weight excluding hydrogens is 304 g/mol. The van der Waals surface area contributed by atoms with Gasteiger partial charge in [0, 0.05) is 17.8 Å². The van der Waals surface area contributed by atoms with Crippen LogP contribution < -0.4 is 0 Å². The van der Waals surface area contributed by atoms with E-state index in [1.54, 1.807) is 13.1 Å². The minimum absolute atomic E-state index is 0.376. The van der Waals surface area contributed by atoms with Gasteiger partial charge in [0.05, 0.1) is 6.04 Å². The molecule has 0 radical (unpaired) electrons. The third-order valence-corrected chi connectivity index (χ3v) is 3.88. The van der Waals surface area contributed by atoms with Crippen LogP contribution in [0.4, 0.5) is 8.78 Å². The second-order valence-corrected chi connectivity index (χ2v) is 5.61. The van der Waals surface area contributed by atoms with Crippen molar-refractivity contribution in [3.8, 4) is 11.1 Å². The Morgan fingerprint density at radius 1 is 0.833 bits per heavy atom. The number of hydrogen-bond donors (Lipinski definition) is 0. The SMILES string of the molecule is CC(/N=C\c1ccc(-c2ccccc2)cc1)c1ccc(F)cc1F. The van der Waals surface area contributed by atoms with E-state index in [0.29, 0.717) is 5.56 Å². The Labute approximate surface area is 140 Å². The highest BCUT2D eigenvalue weighted by Gasteiger charge is 2.09. The Morgan fingerprint density at radius 3 is 2.17 bits per heavy atom. The fraction of sp³-hybridized carbons (Fsp3) is 0.0952. The second-order valence-electron chi connectivity index (χ2n) is 5.61. The zero-order chi connectivity index (χ0) is 16.9. The predicted octanol–water partition coefficient (Wildman–Crippen LogP) is 5.81. The van der Waals surface area contributed by atoms with Crippen molar-refractivity contribution in [3.63, 3.8) is 0 Å². The first-order chi connectivity index (χ1) is 11.6. The molecule has 0 N–H and O–H groups in total. The number of hydrogen-bond acceptors (Lipinski definition) is 1. The lowest BCUT2D eigenvalue weighted by molar-refractivity contribution is 0.563. The molecule has 0 saturated heterocycles. The molecule has 0 fully saturated rings. The average molecular weight is 321 g/mol. The molecule has 0 spiro atoms. The summed E-state index contributed by atoms with van der Waals surface area (Å²) in [6.45, 7) is 1.78. The number of halogens is 2. The van der Waals surface area contributed by atoms with Gasteiger partial charge in [-0.2, -0.15) is 0 Å². The highest BCUT2D eigenvalue weighted by molar-refractivity contribution is 5.81. The summed E-state index contributed by atoms with van der Waals surface area (Å²) in [6, 6.07) is 21.3. The molecule has 0 amide bonds. The largest absolute Gasteiger partial charge is 0.285 e. The first kappa shape index (κ1) is 16.1. The third-order valence-electron chi connectivity index (χ3n) is 3.88. The molecule has 120 valence electrons. The van der Waals surface area contributed by atoms with E-state index < -0.39 is 11.6 Å². The fourth-order valence-corrected chi connectivity index (χ4v) is 2.51. The van der Waals surface area contributed by atoms with Crippen LogP contribution in [0, 0.1) is 11.6 Å². The second kappa shape index (κ2) is 7.18. The molecule has 1 nitrogen and oxygen atoms in total. The zero-order valence-corrected chi connectivity index (χ0v) is 13.3. The standard InChI is InChI=1S/C21H17F2N/c1-15(20-12-11-19(22)13-21(20)23)24-14-16-7-9-18(10-8-16)17-5-3-2-4-6-17/h2-15H,1H3/b24-14-. The van der Waals surface area contributed by atoms with E-state index in [4.69, 9.17) is 0 Å². The Hall–Kier alpha value is -2.81. The van der Waals surface area contributed by atoms with Crippen LogP contribution in [0.15, 0.2) is 77.8 Å². The van der Waals surface area contributed by atoms with E-state index in [9.17, 15) is 8.78 Å². The minimum Gasteiger partial charge on any atom is -0.285 e.